The monoisotopic (exact) mass is 275 g/mol. The number of nitrogens with one attached hydrogen (secondary N) is 2. The number of para-hydroxylation sites is 1. The standard InChI is InChI=1S/C14H17N3OS/c1-9-6-15-7-10(9)14(18)16-8-13-17-11-4-2-3-5-12(11)19-13/h2-5,9-10,15H,6-8H2,1H3,(H,16,18)/t9-,10-/m1/s1. The van der Waals surface area contributed by atoms with Gasteiger partial charge in [0.2, 0.25) is 5.91 Å². The van der Waals surface area contributed by atoms with Crippen molar-refractivity contribution in [1.82, 2.24) is 15.6 Å². The topological polar surface area (TPSA) is 54.0 Å². The van der Waals surface area contributed by atoms with Gasteiger partial charge in [0, 0.05) is 6.54 Å². The second-order valence-corrected chi connectivity index (χ2v) is 6.15. The zero-order valence-electron chi connectivity index (χ0n) is 10.8. The van der Waals surface area contributed by atoms with Crippen molar-refractivity contribution in [2.45, 2.75) is 13.5 Å². The first-order valence-corrected chi connectivity index (χ1v) is 7.38. The van der Waals surface area contributed by atoms with Crippen LogP contribution in [0.3, 0.4) is 0 Å². The zero-order valence-corrected chi connectivity index (χ0v) is 11.7. The van der Waals surface area contributed by atoms with Crippen LogP contribution in [-0.2, 0) is 11.3 Å². The maximum absolute atomic E-state index is 12.1. The van der Waals surface area contributed by atoms with Gasteiger partial charge < -0.3 is 10.6 Å². The molecule has 19 heavy (non-hydrogen) atoms. The summed E-state index contributed by atoms with van der Waals surface area (Å²) in [5.74, 6) is 0.640. The van der Waals surface area contributed by atoms with Crippen molar-refractivity contribution in [2.24, 2.45) is 11.8 Å². The molecule has 0 radical (unpaired) electrons. The molecule has 0 aliphatic carbocycles. The summed E-state index contributed by atoms with van der Waals surface area (Å²) in [5, 5.41) is 7.22. The van der Waals surface area contributed by atoms with Gasteiger partial charge in [-0.2, -0.15) is 0 Å². The van der Waals surface area contributed by atoms with E-state index >= 15 is 0 Å². The van der Waals surface area contributed by atoms with Crippen molar-refractivity contribution in [3.63, 3.8) is 0 Å². The van der Waals surface area contributed by atoms with E-state index in [2.05, 4.69) is 28.6 Å². The first kappa shape index (κ1) is 12.6. The predicted molar refractivity (Wildman–Crippen MR) is 77.0 cm³/mol. The number of carbonyl (C=O) groups is 1. The minimum absolute atomic E-state index is 0.0920. The minimum Gasteiger partial charge on any atom is -0.349 e. The number of hydrogen-bond donors (Lipinski definition) is 2. The Labute approximate surface area is 116 Å². The maximum atomic E-state index is 12.1. The van der Waals surface area contributed by atoms with Crippen LogP contribution in [0.4, 0.5) is 0 Å². The fourth-order valence-electron chi connectivity index (χ4n) is 2.45. The molecule has 3 rings (SSSR count). The lowest BCUT2D eigenvalue weighted by atomic mass is 9.97. The Kier molecular flexibility index (Phi) is 3.48. The SMILES string of the molecule is C[C@@H]1CNC[C@H]1C(=O)NCc1nc2ccccc2s1. The molecular formula is C14H17N3OS. The Hall–Kier alpha value is -1.46. The minimum atomic E-state index is 0.0920. The number of amides is 1. The van der Waals surface area contributed by atoms with Crippen LogP contribution in [-0.4, -0.2) is 24.0 Å². The van der Waals surface area contributed by atoms with Gasteiger partial charge >= 0.3 is 0 Å². The second kappa shape index (κ2) is 5.27. The number of aromatic nitrogens is 1. The van der Waals surface area contributed by atoms with E-state index in [9.17, 15) is 4.79 Å². The van der Waals surface area contributed by atoms with E-state index in [-0.39, 0.29) is 11.8 Å². The Morgan fingerprint density at radius 2 is 2.32 bits per heavy atom. The lowest BCUT2D eigenvalue weighted by molar-refractivity contribution is -0.125. The number of fused-ring (bicyclic) bond motifs is 1. The first-order valence-electron chi connectivity index (χ1n) is 6.57. The summed E-state index contributed by atoms with van der Waals surface area (Å²) >= 11 is 1.64. The molecule has 4 nitrogen and oxygen atoms in total. The molecule has 1 aromatic heterocycles. The Morgan fingerprint density at radius 1 is 1.47 bits per heavy atom. The number of nitrogens with zero attached hydrogens (tertiary/aromatic N) is 1. The van der Waals surface area contributed by atoms with Crippen molar-refractivity contribution in [3.8, 4) is 0 Å². The Bertz CT molecular complexity index is 562. The van der Waals surface area contributed by atoms with E-state index in [1.54, 1.807) is 11.3 Å². The third-order valence-electron chi connectivity index (χ3n) is 3.61. The van der Waals surface area contributed by atoms with Crippen LogP contribution in [0.5, 0.6) is 0 Å². The third kappa shape index (κ3) is 2.62. The number of thiazole rings is 1. The molecule has 1 aromatic carbocycles. The van der Waals surface area contributed by atoms with Crippen LogP contribution in [0.2, 0.25) is 0 Å². The highest BCUT2D eigenvalue weighted by Gasteiger charge is 2.29. The van der Waals surface area contributed by atoms with Crippen LogP contribution in [0.15, 0.2) is 24.3 Å². The van der Waals surface area contributed by atoms with Crippen LogP contribution in [0, 0.1) is 11.8 Å². The van der Waals surface area contributed by atoms with Gasteiger partial charge in [0.15, 0.2) is 0 Å². The summed E-state index contributed by atoms with van der Waals surface area (Å²) < 4.78 is 1.17. The van der Waals surface area contributed by atoms with Crippen molar-refractivity contribution >= 4 is 27.5 Å². The highest BCUT2D eigenvalue weighted by Crippen LogP contribution is 2.21. The Balaban J connectivity index is 1.64. The van der Waals surface area contributed by atoms with E-state index < -0.39 is 0 Å². The molecule has 0 unspecified atom stereocenters. The van der Waals surface area contributed by atoms with Crippen molar-refractivity contribution in [2.75, 3.05) is 13.1 Å². The molecule has 1 amide bonds. The van der Waals surface area contributed by atoms with Crippen LogP contribution in [0.25, 0.3) is 10.2 Å². The van der Waals surface area contributed by atoms with E-state index in [1.165, 1.54) is 4.70 Å². The molecule has 1 aliphatic rings. The molecule has 2 atom stereocenters. The smallest absolute Gasteiger partial charge is 0.225 e. The number of benzene rings is 1. The maximum Gasteiger partial charge on any atom is 0.225 e. The van der Waals surface area contributed by atoms with E-state index in [4.69, 9.17) is 0 Å². The quantitative estimate of drug-likeness (QED) is 0.897. The van der Waals surface area contributed by atoms with Gasteiger partial charge in [-0.25, -0.2) is 4.98 Å². The molecule has 1 saturated heterocycles. The normalized spacial score (nSPS) is 22.8. The van der Waals surface area contributed by atoms with Crippen molar-refractivity contribution in [1.29, 1.82) is 0 Å². The summed E-state index contributed by atoms with van der Waals surface area (Å²) in [6, 6.07) is 8.05. The second-order valence-electron chi connectivity index (χ2n) is 5.04. The molecule has 100 valence electrons. The zero-order chi connectivity index (χ0) is 13.2. The summed E-state index contributed by atoms with van der Waals surface area (Å²) in [5.41, 5.74) is 1.01. The number of hydrogen-bond acceptors (Lipinski definition) is 4. The van der Waals surface area contributed by atoms with E-state index in [0.29, 0.717) is 12.5 Å². The van der Waals surface area contributed by atoms with Crippen molar-refractivity contribution in [3.05, 3.63) is 29.3 Å². The molecule has 0 spiro atoms. The third-order valence-corrected chi connectivity index (χ3v) is 4.64. The summed E-state index contributed by atoms with van der Waals surface area (Å²) in [7, 11) is 0. The van der Waals surface area contributed by atoms with E-state index in [1.807, 2.05) is 18.2 Å². The highest BCUT2D eigenvalue weighted by molar-refractivity contribution is 7.18. The average molecular weight is 275 g/mol. The predicted octanol–water partition coefficient (Wildman–Crippen LogP) is 1.77. The number of carbonyl (C=O) groups excluding carboxylic acids is 1. The molecule has 0 saturated carbocycles. The van der Waals surface area contributed by atoms with Crippen LogP contribution < -0.4 is 10.6 Å². The van der Waals surface area contributed by atoms with Gasteiger partial charge in [0.25, 0.3) is 0 Å². The molecule has 2 heterocycles. The first-order chi connectivity index (χ1) is 9.24. The van der Waals surface area contributed by atoms with Crippen LogP contribution in [0.1, 0.15) is 11.9 Å². The van der Waals surface area contributed by atoms with Gasteiger partial charge in [-0.1, -0.05) is 19.1 Å². The number of rotatable bonds is 3. The summed E-state index contributed by atoms with van der Waals surface area (Å²) in [4.78, 5) is 16.6. The molecule has 2 N–H and O–H groups in total. The Morgan fingerprint density at radius 3 is 3.05 bits per heavy atom. The summed E-state index contributed by atoms with van der Waals surface area (Å²) in [6.07, 6.45) is 0. The molecule has 1 aliphatic heterocycles. The van der Waals surface area contributed by atoms with E-state index in [0.717, 1.165) is 23.6 Å². The van der Waals surface area contributed by atoms with Gasteiger partial charge in [-0.3, -0.25) is 4.79 Å². The average Bonchev–Trinajstić information content (AvgIpc) is 3.01. The fourth-order valence-corrected chi connectivity index (χ4v) is 3.36. The molecule has 2 aromatic rings. The lowest BCUT2D eigenvalue weighted by Crippen LogP contribution is -2.33. The summed E-state index contributed by atoms with van der Waals surface area (Å²) in [6.45, 7) is 4.36. The van der Waals surface area contributed by atoms with Crippen LogP contribution >= 0.6 is 11.3 Å². The van der Waals surface area contributed by atoms with Gasteiger partial charge in [0.05, 0.1) is 22.7 Å². The highest BCUT2D eigenvalue weighted by atomic mass is 32.1. The molecule has 0 bridgehead atoms. The van der Waals surface area contributed by atoms with Crippen molar-refractivity contribution < 1.29 is 4.79 Å². The van der Waals surface area contributed by atoms with Gasteiger partial charge in [-0.05, 0) is 24.6 Å². The lowest BCUT2D eigenvalue weighted by Gasteiger charge is -2.13. The largest absolute Gasteiger partial charge is 0.349 e. The molecule has 1 fully saturated rings. The van der Waals surface area contributed by atoms with Gasteiger partial charge in [0.1, 0.15) is 5.01 Å². The molecule has 5 heteroatoms. The molecular weight excluding hydrogens is 258 g/mol. The fraction of sp³-hybridized carbons (Fsp3) is 0.429. The van der Waals surface area contributed by atoms with Gasteiger partial charge in [-0.15, -0.1) is 11.3 Å².